The smallest absolute Gasteiger partial charge is 0.266 e. The number of rotatable bonds is 2. The summed E-state index contributed by atoms with van der Waals surface area (Å²) in [7, 11) is 0. The average Bonchev–Trinajstić information content (AvgIpc) is 3.05. The van der Waals surface area contributed by atoms with Crippen LogP contribution >= 0.6 is 22.7 Å². The number of hydrogen-bond acceptors (Lipinski definition) is 4. The third-order valence-electron chi connectivity index (χ3n) is 3.59. The van der Waals surface area contributed by atoms with Crippen LogP contribution in [-0.2, 0) is 12.8 Å². The molecule has 1 aliphatic rings. The highest BCUT2D eigenvalue weighted by Gasteiger charge is 2.25. The summed E-state index contributed by atoms with van der Waals surface area (Å²) in [4.78, 5) is 14.1. The zero-order valence-electron chi connectivity index (χ0n) is 11.1. The number of aryl methyl sites for hydroxylation is 1. The maximum atomic E-state index is 12.1. The first-order chi connectivity index (χ1) is 9.69. The first-order valence-electron chi connectivity index (χ1n) is 6.58. The molecule has 0 saturated heterocycles. The molecule has 2 heterocycles. The highest BCUT2D eigenvalue weighted by atomic mass is 32.1. The van der Waals surface area contributed by atoms with E-state index in [0.29, 0.717) is 21.4 Å². The van der Waals surface area contributed by atoms with Gasteiger partial charge in [0, 0.05) is 4.88 Å². The van der Waals surface area contributed by atoms with Crippen LogP contribution in [0.4, 0.5) is 5.00 Å². The number of hydrogen-bond donors (Lipinski definition) is 1. The largest absolute Gasteiger partial charge is 0.312 e. The van der Waals surface area contributed by atoms with Crippen LogP contribution in [0.1, 0.15) is 39.0 Å². The predicted molar refractivity (Wildman–Crippen MR) is 82.5 cm³/mol. The summed E-state index contributed by atoms with van der Waals surface area (Å²) in [6.45, 7) is 2.21. The van der Waals surface area contributed by atoms with Crippen LogP contribution in [0.25, 0.3) is 0 Å². The third kappa shape index (κ3) is 2.37. The molecule has 5 heteroatoms. The molecule has 0 aromatic carbocycles. The molecule has 3 nitrogen and oxygen atoms in total. The Morgan fingerprint density at radius 2 is 2.40 bits per heavy atom. The number of nitrogens with one attached hydrogen (secondary N) is 1. The topological polar surface area (TPSA) is 52.9 Å². The maximum Gasteiger partial charge on any atom is 0.266 e. The molecular weight excluding hydrogens is 288 g/mol. The van der Waals surface area contributed by atoms with E-state index in [4.69, 9.17) is 0 Å². The van der Waals surface area contributed by atoms with Crippen LogP contribution in [0.2, 0.25) is 0 Å². The third-order valence-corrected chi connectivity index (χ3v) is 5.67. The molecule has 20 heavy (non-hydrogen) atoms. The second kappa shape index (κ2) is 5.39. The van der Waals surface area contributed by atoms with Gasteiger partial charge in [-0.25, -0.2) is 0 Å². The van der Waals surface area contributed by atoms with E-state index in [1.54, 1.807) is 17.4 Å². The van der Waals surface area contributed by atoms with Crippen molar-refractivity contribution in [2.24, 2.45) is 5.92 Å². The van der Waals surface area contributed by atoms with E-state index in [9.17, 15) is 10.1 Å². The van der Waals surface area contributed by atoms with Crippen LogP contribution in [-0.4, -0.2) is 5.91 Å². The average molecular weight is 302 g/mol. The number of fused-ring (bicyclic) bond motifs is 1. The Morgan fingerprint density at radius 1 is 1.55 bits per heavy atom. The minimum atomic E-state index is -0.122. The monoisotopic (exact) mass is 302 g/mol. The Balaban J connectivity index is 1.91. The summed E-state index contributed by atoms with van der Waals surface area (Å²) < 4.78 is 0. The fourth-order valence-corrected chi connectivity index (χ4v) is 4.35. The van der Waals surface area contributed by atoms with Gasteiger partial charge in [0.15, 0.2) is 0 Å². The molecule has 1 aliphatic carbocycles. The van der Waals surface area contributed by atoms with Gasteiger partial charge in [-0.2, -0.15) is 5.26 Å². The van der Waals surface area contributed by atoms with Crippen molar-refractivity contribution in [2.45, 2.75) is 26.2 Å². The number of nitriles is 1. The number of carbonyl (C=O) groups is 1. The number of anilines is 1. The molecule has 0 bridgehead atoms. The van der Waals surface area contributed by atoms with Crippen molar-refractivity contribution in [3.8, 4) is 6.07 Å². The standard InChI is InChI=1S/C15H14N2OS2/c1-9-4-5-12-10(7-9)11(8-16)15(20-12)17-14(18)13-3-2-6-19-13/h2-3,6,9H,4-5,7H2,1H3,(H,17,18)/t9-/m1/s1. The van der Waals surface area contributed by atoms with E-state index < -0.39 is 0 Å². The molecule has 1 atom stereocenters. The highest BCUT2D eigenvalue weighted by Crippen LogP contribution is 2.39. The van der Waals surface area contributed by atoms with Crippen molar-refractivity contribution in [2.75, 3.05) is 5.32 Å². The van der Waals surface area contributed by atoms with Crippen molar-refractivity contribution in [1.82, 2.24) is 0 Å². The Morgan fingerprint density at radius 3 is 3.10 bits per heavy atom. The lowest BCUT2D eigenvalue weighted by atomic mass is 9.88. The van der Waals surface area contributed by atoms with E-state index in [1.807, 2.05) is 11.4 Å². The molecular formula is C15H14N2OS2. The molecule has 2 aromatic heterocycles. The second-order valence-corrected chi connectivity index (χ2v) is 7.15. The lowest BCUT2D eigenvalue weighted by molar-refractivity contribution is 0.103. The summed E-state index contributed by atoms with van der Waals surface area (Å²) in [6, 6.07) is 5.92. The Kier molecular flexibility index (Phi) is 3.60. The van der Waals surface area contributed by atoms with Gasteiger partial charge in [0.1, 0.15) is 11.1 Å². The summed E-state index contributed by atoms with van der Waals surface area (Å²) in [5.74, 6) is 0.494. The van der Waals surface area contributed by atoms with Gasteiger partial charge in [-0.3, -0.25) is 4.79 Å². The number of nitrogens with zero attached hydrogens (tertiary/aromatic N) is 1. The SMILES string of the molecule is C[C@@H]1CCc2sc(NC(=O)c3cccs3)c(C#N)c2C1. The van der Waals surface area contributed by atoms with Gasteiger partial charge in [-0.05, 0) is 42.2 Å². The van der Waals surface area contributed by atoms with Gasteiger partial charge in [0.25, 0.3) is 5.91 Å². The van der Waals surface area contributed by atoms with Gasteiger partial charge in [-0.1, -0.05) is 13.0 Å². The van der Waals surface area contributed by atoms with Crippen molar-refractivity contribution >= 4 is 33.6 Å². The molecule has 1 N–H and O–H groups in total. The maximum absolute atomic E-state index is 12.1. The van der Waals surface area contributed by atoms with Crippen LogP contribution in [0.3, 0.4) is 0 Å². The van der Waals surface area contributed by atoms with Gasteiger partial charge >= 0.3 is 0 Å². The first kappa shape index (κ1) is 13.3. The molecule has 2 aromatic rings. The Bertz CT molecular complexity index is 680. The molecule has 1 amide bonds. The van der Waals surface area contributed by atoms with E-state index in [1.165, 1.54) is 16.2 Å². The molecule has 0 unspecified atom stereocenters. The molecule has 3 rings (SSSR count). The van der Waals surface area contributed by atoms with Crippen LogP contribution < -0.4 is 5.32 Å². The molecule has 0 radical (unpaired) electrons. The zero-order chi connectivity index (χ0) is 14.1. The lowest BCUT2D eigenvalue weighted by Crippen LogP contribution is -2.11. The number of thiophene rings is 2. The summed E-state index contributed by atoms with van der Waals surface area (Å²) in [5, 5.41) is 14.9. The Labute approximate surface area is 125 Å². The normalized spacial score (nSPS) is 17.3. The minimum Gasteiger partial charge on any atom is -0.312 e. The zero-order valence-corrected chi connectivity index (χ0v) is 12.7. The molecule has 0 aliphatic heterocycles. The summed E-state index contributed by atoms with van der Waals surface area (Å²) in [6.07, 6.45) is 3.13. The van der Waals surface area contributed by atoms with Crippen LogP contribution in [0.15, 0.2) is 17.5 Å². The number of carbonyl (C=O) groups excluding carboxylic acids is 1. The predicted octanol–water partition coefficient (Wildman–Crippen LogP) is 4.06. The first-order valence-corrected chi connectivity index (χ1v) is 8.28. The fourth-order valence-electron chi connectivity index (χ4n) is 2.54. The Hall–Kier alpha value is -1.64. The summed E-state index contributed by atoms with van der Waals surface area (Å²) >= 11 is 2.97. The molecule has 0 saturated carbocycles. The highest BCUT2D eigenvalue weighted by molar-refractivity contribution is 7.17. The van der Waals surface area contributed by atoms with E-state index in [-0.39, 0.29) is 5.91 Å². The molecule has 0 fully saturated rings. The number of amides is 1. The lowest BCUT2D eigenvalue weighted by Gasteiger charge is -2.17. The molecule has 0 spiro atoms. The van der Waals surface area contributed by atoms with Crippen LogP contribution in [0.5, 0.6) is 0 Å². The van der Waals surface area contributed by atoms with Crippen molar-refractivity contribution in [3.63, 3.8) is 0 Å². The van der Waals surface area contributed by atoms with E-state index in [2.05, 4.69) is 18.3 Å². The fraction of sp³-hybridized carbons (Fsp3) is 0.333. The van der Waals surface area contributed by atoms with Gasteiger partial charge in [-0.15, -0.1) is 22.7 Å². The van der Waals surface area contributed by atoms with Crippen LogP contribution in [0, 0.1) is 17.2 Å². The minimum absolute atomic E-state index is 0.122. The van der Waals surface area contributed by atoms with Crippen molar-refractivity contribution in [1.29, 1.82) is 5.26 Å². The van der Waals surface area contributed by atoms with E-state index in [0.717, 1.165) is 24.8 Å². The van der Waals surface area contributed by atoms with E-state index >= 15 is 0 Å². The summed E-state index contributed by atoms with van der Waals surface area (Å²) in [5.41, 5.74) is 1.82. The van der Waals surface area contributed by atoms with Gasteiger partial charge in [0.2, 0.25) is 0 Å². The van der Waals surface area contributed by atoms with Crippen molar-refractivity contribution in [3.05, 3.63) is 38.4 Å². The van der Waals surface area contributed by atoms with Crippen molar-refractivity contribution < 1.29 is 4.79 Å². The quantitative estimate of drug-likeness (QED) is 0.909. The van der Waals surface area contributed by atoms with Gasteiger partial charge < -0.3 is 5.32 Å². The molecule has 102 valence electrons. The van der Waals surface area contributed by atoms with Gasteiger partial charge in [0.05, 0.1) is 10.4 Å². The second-order valence-electron chi connectivity index (χ2n) is 5.10.